The van der Waals surface area contributed by atoms with Crippen molar-refractivity contribution in [2.75, 3.05) is 13.2 Å². The molecule has 1 atom stereocenters. The van der Waals surface area contributed by atoms with Gasteiger partial charge in [-0.3, -0.25) is 5.32 Å². The van der Waals surface area contributed by atoms with Crippen molar-refractivity contribution in [3.8, 4) is 0 Å². The van der Waals surface area contributed by atoms with Crippen LogP contribution in [0.25, 0.3) is 0 Å². The first-order valence-electron chi connectivity index (χ1n) is 6.79. The zero-order chi connectivity index (χ0) is 14.3. The molecule has 0 heterocycles. The molecule has 0 saturated carbocycles. The fourth-order valence-electron chi connectivity index (χ4n) is 2.11. The zero-order valence-electron chi connectivity index (χ0n) is 11.8. The lowest BCUT2D eigenvalue weighted by atomic mass is 9.87. The molecule has 4 heteroatoms. The molecule has 0 aliphatic carbocycles. The summed E-state index contributed by atoms with van der Waals surface area (Å²) in [6.45, 7) is 7.08. The van der Waals surface area contributed by atoms with Gasteiger partial charge < -0.3 is 4.74 Å². The smallest absolute Gasteiger partial charge is 0.330 e. The molecule has 0 amide bonds. The summed E-state index contributed by atoms with van der Waals surface area (Å²) < 4.78 is 6.24. The highest BCUT2D eigenvalue weighted by Gasteiger charge is 2.39. The molecule has 1 aromatic rings. The maximum absolute atomic E-state index is 12.4. The fourth-order valence-corrected chi connectivity index (χ4v) is 2.51. The van der Waals surface area contributed by atoms with E-state index in [-0.39, 0.29) is 5.97 Å². The zero-order valence-corrected chi connectivity index (χ0v) is 13.4. The number of nitrogens with one attached hydrogen (secondary N) is 1. The van der Waals surface area contributed by atoms with Gasteiger partial charge >= 0.3 is 5.97 Å². The van der Waals surface area contributed by atoms with Gasteiger partial charge in [0, 0.05) is 4.47 Å². The summed E-state index contributed by atoms with van der Waals surface area (Å²) in [5.41, 5.74) is 0.187. The van der Waals surface area contributed by atoms with Crippen molar-refractivity contribution in [2.24, 2.45) is 0 Å². The van der Waals surface area contributed by atoms with Crippen LogP contribution in [0.2, 0.25) is 0 Å². The molecule has 106 valence electrons. The van der Waals surface area contributed by atoms with Gasteiger partial charge in [-0.2, -0.15) is 0 Å². The summed E-state index contributed by atoms with van der Waals surface area (Å²) in [7, 11) is 0. The van der Waals surface area contributed by atoms with Crippen LogP contribution in [0.15, 0.2) is 28.7 Å². The van der Waals surface area contributed by atoms with Crippen molar-refractivity contribution < 1.29 is 9.53 Å². The molecule has 1 N–H and O–H groups in total. The van der Waals surface area contributed by atoms with Crippen LogP contribution in [-0.2, 0) is 15.1 Å². The predicted molar refractivity (Wildman–Crippen MR) is 81.0 cm³/mol. The first-order valence-corrected chi connectivity index (χ1v) is 7.58. The molecule has 0 radical (unpaired) electrons. The number of benzene rings is 1. The molecule has 0 aliphatic rings. The predicted octanol–water partition coefficient (Wildman–Crippen LogP) is 3.62. The van der Waals surface area contributed by atoms with Crippen LogP contribution in [0.4, 0.5) is 0 Å². The van der Waals surface area contributed by atoms with Gasteiger partial charge in [0.2, 0.25) is 0 Å². The standard InChI is InChI=1S/C15H22BrNO2/c1-4-10-17-15(5-2,14(18)19-6-3)12-8-7-9-13(16)11-12/h7-9,11,17H,4-6,10H2,1-3H3. The van der Waals surface area contributed by atoms with E-state index in [1.165, 1.54) is 0 Å². The van der Waals surface area contributed by atoms with Crippen LogP contribution < -0.4 is 5.32 Å². The summed E-state index contributed by atoms with van der Waals surface area (Å²) in [6, 6.07) is 7.84. The summed E-state index contributed by atoms with van der Waals surface area (Å²) >= 11 is 3.46. The van der Waals surface area contributed by atoms with E-state index in [0.29, 0.717) is 13.0 Å². The largest absolute Gasteiger partial charge is 0.464 e. The average molecular weight is 328 g/mol. The highest BCUT2D eigenvalue weighted by Crippen LogP contribution is 2.29. The number of rotatable bonds is 7. The fraction of sp³-hybridized carbons (Fsp3) is 0.533. The summed E-state index contributed by atoms with van der Waals surface area (Å²) in [5.74, 6) is -0.205. The normalized spacial score (nSPS) is 13.9. The Morgan fingerprint density at radius 1 is 1.37 bits per heavy atom. The SMILES string of the molecule is CCCNC(CC)(C(=O)OCC)c1cccc(Br)c1. The van der Waals surface area contributed by atoms with Crippen molar-refractivity contribution in [3.05, 3.63) is 34.3 Å². The van der Waals surface area contributed by atoms with E-state index in [2.05, 4.69) is 28.2 Å². The molecule has 1 unspecified atom stereocenters. The van der Waals surface area contributed by atoms with Gasteiger partial charge in [0.1, 0.15) is 5.54 Å². The Kier molecular flexibility index (Phi) is 6.52. The third-order valence-corrected chi connectivity index (χ3v) is 3.64. The Morgan fingerprint density at radius 2 is 2.11 bits per heavy atom. The van der Waals surface area contributed by atoms with Gasteiger partial charge in [-0.15, -0.1) is 0 Å². The molecular formula is C15H22BrNO2. The molecule has 3 nitrogen and oxygen atoms in total. The Labute approximate surface area is 123 Å². The second-order valence-corrected chi connectivity index (χ2v) is 5.33. The quantitative estimate of drug-likeness (QED) is 0.777. The number of hydrogen-bond acceptors (Lipinski definition) is 3. The lowest BCUT2D eigenvalue weighted by molar-refractivity contribution is -0.152. The van der Waals surface area contributed by atoms with E-state index in [1.807, 2.05) is 38.1 Å². The second kappa shape index (κ2) is 7.65. The highest BCUT2D eigenvalue weighted by atomic mass is 79.9. The van der Waals surface area contributed by atoms with E-state index < -0.39 is 5.54 Å². The first kappa shape index (κ1) is 16.2. The third-order valence-electron chi connectivity index (χ3n) is 3.15. The van der Waals surface area contributed by atoms with Crippen LogP contribution in [0, 0.1) is 0 Å². The van der Waals surface area contributed by atoms with Gasteiger partial charge in [0.15, 0.2) is 0 Å². The number of hydrogen-bond donors (Lipinski definition) is 1. The second-order valence-electron chi connectivity index (χ2n) is 4.42. The molecule has 0 saturated heterocycles. The molecule has 0 fully saturated rings. The lowest BCUT2D eigenvalue weighted by Gasteiger charge is -2.32. The molecule has 0 aliphatic heterocycles. The Balaban J connectivity index is 3.18. The van der Waals surface area contributed by atoms with Crippen LogP contribution >= 0.6 is 15.9 Å². The summed E-state index contributed by atoms with van der Waals surface area (Å²) in [5, 5.41) is 3.37. The van der Waals surface area contributed by atoms with Gasteiger partial charge in [-0.25, -0.2) is 4.79 Å². The van der Waals surface area contributed by atoms with E-state index in [4.69, 9.17) is 4.74 Å². The Morgan fingerprint density at radius 3 is 2.63 bits per heavy atom. The van der Waals surface area contributed by atoms with Crippen molar-refractivity contribution in [2.45, 2.75) is 39.2 Å². The van der Waals surface area contributed by atoms with Gasteiger partial charge in [0.05, 0.1) is 6.61 Å². The topological polar surface area (TPSA) is 38.3 Å². The van der Waals surface area contributed by atoms with Crippen molar-refractivity contribution in [1.29, 1.82) is 0 Å². The van der Waals surface area contributed by atoms with E-state index in [0.717, 1.165) is 23.0 Å². The number of carbonyl (C=O) groups excluding carboxylic acids is 1. The van der Waals surface area contributed by atoms with Crippen LogP contribution in [0.3, 0.4) is 0 Å². The minimum atomic E-state index is -0.754. The van der Waals surface area contributed by atoms with Crippen molar-refractivity contribution in [3.63, 3.8) is 0 Å². The van der Waals surface area contributed by atoms with E-state index >= 15 is 0 Å². The minimum absolute atomic E-state index is 0.205. The summed E-state index contributed by atoms with van der Waals surface area (Å²) in [4.78, 5) is 12.4. The van der Waals surface area contributed by atoms with Gasteiger partial charge in [-0.1, -0.05) is 41.9 Å². The monoisotopic (exact) mass is 327 g/mol. The maximum Gasteiger partial charge on any atom is 0.330 e. The average Bonchev–Trinajstić information content (AvgIpc) is 2.40. The molecule has 19 heavy (non-hydrogen) atoms. The third kappa shape index (κ3) is 3.80. The van der Waals surface area contributed by atoms with Crippen LogP contribution in [0.1, 0.15) is 39.2 Å². The Bertz CT molecular complexity index is 422. The minimum Gasteiger partial charge on any atom is -0.464 e. The number of ether oxygens (including phenoxy) is 1. The van der Waals surface area contributed by atoms with Crippen molar-refractivity contribution >= 4 is 21.9 Å². The highest BCUT2D eigenvalue weighted by molar-refractivity contribution is 9.10. The lowest BCUT2D eigenvalue weighted by Crippen LogP contribution is -2.50. The van der Waals surface area contributed by atoms with Gasteiger partial charge in [0.25, 0.3) is 0 Å². The molecule has 0 bridgehead atoms. The maximum atomic E-state index is 12.4. The van der Waals surface area contributed by atoms with Crippen LogP contribution in [-0.4, -0.2) is 19.1 Å². The first-order chi connectivity index (χ1) is 9.10. The van der Waals surface area contributed by atoms with Gasteiger partial charge in [-0.05, 0) is 44.0 Å². The molecule has 0 aromatic heterocycles. The van der Waals surface area contributed by atoms with E-state index in [1.54, 1.807) is 0 Å². The Hall–Kier alpha value is -0.870. The molecule has 1 aromatic carbocycles. The van der Waals surface area contributed by atoms with Crippen molar-refractivity contribution in [1.82, 2.24) is 5.32 Å². The molecular weight excluding hydrogens is 306 g/mol. The molecule has 0 spiro atoms. The van der Waals surface area contributed by atoms with E-state index in [9.17, 15) is 4.79 Å². The molecule has 1 rings (SSSR count). The number of esters is 1. The number of halogens is 1. The van der Waals surface area contributed by atoms with Crippen LogP contribution in [0.5, 0.6) is 0 Å². The summed E-state index contributed by atoms with van der Waals surface area (Å²) in [6.07, 6.45) is 1.62. The number of carbonyl (C=O) groups is 1.